The Morgan fingerprint density at radius 3 is 2.47 bits per heavy atom. The van der Waals surface area contributed by atoms with Gasteiger partial charge < -0.3 is 4.74 Å². The van der Waals surface area contributed by atoms with E-state index in [1.165, 1.54) is 28.8 Å². The standard InChI is InChI=1S/C27H17ClFNO2S2/c28-19-8-5-17(6-9-19)16-32-24-14-7-18-3-1-2-4-22(18)23(24)15-25-26(31)30(27(33)34-25)21-12-10-20(29)11-13-21/h1-15H,16H2/b25-15+. The number of thioether (sulfide) groups is 1. The number of hydrogen-bond donors (Lipinski definition) is 0. The Labute approximate surface area is 210 Å². The van der Waals surface area contributed by atoms with E-state index in [2.05, 4.69) is 0 Å². The third-order valence-electron chi connectivity index (χ3n) is 5.39. The third-order valence-corrected chi connectivity index (χ3v) is 6.95. The van der Waals surface area contributed by atoms with E-state index >= 15 is 0 Å². The largest absolute Gasteiger partial charge is 0.488 e. The summed E-state index contributed by atoms with van der Waals surface area (Å²) in [6.45, 7) is 0.354. The smallest absolute Gasteiger partial charge is 0.270 e. The van der Waals surface area contributed by atoms with Crippen LogP contribution >= 0.6 is 35.6 Å². The zero-order chi connectivity index (χ0) is 23.7. The van der Waals surface area contributed by atoms with Crippen LogP contribution in [-0.2, 0) is 11.4 Å². The molecule has 1 heterocycles. The number of thiocarbonyl (C=S) groups is 1. The number of halogens is 2. The van der Waals surface area contributed by atoms with E-state index in [1.807, 2.05) is 66.7 Å². The lowest BCUT2D eigenvalue weighted by atomic mass is 10.0. The normalized spacial score (nSPS) is 14.9. The van der Waals surface area contributed by atoms with Gasteiger partial charge in [0.2, 0.25) is 0 Å². The minimum atomic E-state index is -0.372. The van der Waals surface area contributed by atoms with Crippen LogP contribution in [0.1, 0.15) is 11.1 Å². The van der Waals surface area contributed by atoms with Gasteiger partial charge in [0.15, 0.2) is 4.32 Å². The highest BCUT2D eigenvalue weighted by atomic mass is 35.5. The Hall–Kier alpha value is -3.19. The SMILES string of the molecule is O=C1/C(=C\c2c(OCc3ccc(Cl)cc3)ccc3ccccc23)SC(=S)N1c1ccc(F)cc1. The molecular weight excluding hydrogens is 489 g/mol. The molecular formula is C27H17ClFNO2S2. The minimum Gasteiger partial charge on any atom is -0.488 e. The second-order valence-corrected chi connectivity index (χ2v) is 9.72. The van der Waals surface area contributed by atoms with Crippen LogP contribution in [0, 0.1) is 5.82 Å². The van der Waals surface area contributed by atoms with Gasteiger partial charge in [0.1, 0.15) is 18.2 Å². The summed E-state index contributed by atoms with van der Waals surface area (Å²) in [6, 6.07) is 25.0. The minimum absolute atomic E-state index is 0.252. The summed E-state index contributed by atoms with van der Waals surface area (Å²) in [6.07, 6.45) is 1.82. The predicted octanol–water partition coefficient (Wildman–Crippen LogP) is 7.62. The number of anilines is 1. The quantitative estimate of drug-likeness (QED) is 0.206. The number of rotatable bonds is 5. The summed E-state index contributed by atoms with van der Waals surface area (Å²) in [5.74, 6) is 0.0295. The van der Waals surface area contributed by atoms with Gasteiger partial charge in [-0.1, -0.05) is 78.0 Å². The number of fused-ring (bicyclic) bond motifs is 1. The molecule has 0 N–H and O–H groups in total. The van der Waals surface area contributed by atoms with Crippen molar-refractivity contribution < 1.29 is 13.9 Å². The summed E-state index contributed by atoms with van der Waals surface area (Å²) in [5, 5.41) is 2.66. The van der Waals surface area contributed by atoms with Crippen molar-refractivity contribution in [2.24, 2.45) is 0 Å². The second kappa shape index (κ2) is 9.58. The van der Waals surface area contributed by atoms with Crippen LogP contribution in [0.4, 0.5) is 10.1 Å². The molecule has 0 bridgehead atoms. The van der Waals surface area contributed by atoms with Crippen molar-refractivity contribution in [2.75, 3.05) is 4.90 Å². The molecule has 0 aromatic heterocycles. The van der Waals surface area contributed by atoms with Crippen molar-refractivity contribution in [1.82, 2.24) is 0 Å². The molecule has 4 aromatic carbocycles. The first-order valence-corrected chi connectivity index (χ1v) is 12.0. The first-order valence-electron chi connectivity index (χ1n) is 10.4. The molecule has 168 valence electrons. The second-order valence-electron chi connectivity index (χ2n) is 7.61. The van der Waals surface area contributed by atoms with Gasteiger partial charge in [-0.05, 0) is 64.9 Å². The molecule has 0 spiro atoms. The molecule has 1 saturated heterocycles. The molecule has 34 heavy (non-hydrogen) atoms. The maximum absolute atomic E-state index is 13.4. The molecule has 0 radical (unpaired) electrons. The van der Waals surface area contributed by atoms with Crippen LogP contribution in [0.25, 0.3) is 16.8 Å². The van der Waals surface area contributed by atoms with Crippen LogP contribution in [0.3, 0.4) is 0 Å². The molecule has 7 heteroatoms. The summed E-state index contributed by atoms with van der Waals surface area (Å²) < 4.78 is 19.9. The van der Waals surface area contributed by atoms with Crippen molar-refractivity contribution >= 4 is 68.3 Å². The maximum Gasteiger partial charge on any atom is 0.270 e. The van der Waals surface area contributed by atoms with Crippen LogP contribution in [0.5, 0.6) is 5.75 Å². The fourth-order valence-electron chi connectivity index (χ4n) is 3.70. The van der Waals surface area contributed by atoms with Gasteiger partial charge in [-0.15, -0.1) is 0 Å². The molecule has 1 aliphatic heterocycles. The highest BCUT2D eigenvalue weighted by molar-refractivity contribution is 8.27. The van der Waals surface area contributed by atoms with Gasteiger partial charge in [0.05, 0.1) is 10.6 Å². The van der Waals surface area contributed by atoms with Gasteiger partial charge in [-0.3, -0.25) is 9.69 Å². The molecule has 1 aliphatic rings. The highest BCUT2D eigenvalue weighted by Gasteiger charge is 2.33. The van der Waals surface area contributed by atoms with Crippen LogP contribution in [-0.4, -0.2) is 10.2 Å². The zero-order valence-electron chi connectivity index (χ0n) is 17.7. The number of benzene rings is 4. The average molecular weight is 506 g/mol. The predicted molar refractivity (Wildman–Crippen MR) is 142 cm³/mol. The Morgan fingerprint density at radius 1 is 0.971 bits per heavy atom. The lowest BCUT2D eigenvalue weighted by Crippen LogP contribution is -2.27. The molecule has 1 amide bonds. The van der Waals surface area contributed by atoms with Gasteiger partial charge >= 0.3 is 0 Å². The first kappa shape index (κ1) is 22.6. The monoisotopic (exact) mass is 505 g/mol. The van der Waals surface area contributed by atoms with Gasteiger partial charge in [-0.2, -0.15) is 0 Å². The van der Waals surface area contributed by atoms with E-state index in [-0.39, 0.29) is 11.7 Å². The number of carbonyl (C=O) groups is 1. The van der Waals surface area contributed by atoms with Crippen LogP contribution < -0.4 is 9.64 Å². The van der Waals surface area contributed by atoms with Crippen molar-refractivity contribution in [3.05, 3.63) is 112 Å². The summed E-state index contributed by atoms with van der Waals surface area (Å²) in [5.41, 5.74) is 2.31. The summed E-state index contributed by atoms with van der Waals surface area (Å²) in [4.78, 5) is 15.2. The van der Waals surface area contributed by atoms with E-state index in [9.17, 15) is 9.18 Å². The maximum atomic E-state index is 13.4. The highest BCUT2D eigenvalue weighted by Crippen LogP contribution is 2.39. The van der Waals surface area contributed by atoms with Crippen molar-refractivity contribution in [2.45, 2.75) is 6.61 Å². The Kier molecular flexibility index (Phi) is 6.37. The fraction of sp³-hybridized carbons (Fsp3) is 0.0370. The van der Waals surface area contributed by atoms with Crippen LogP contribution in [0.2, 0.25) is 5.02 Å². The van der Waals surface area contributed by atoms with Gasteiger partial charge in [0.25, 0.3) is 5.91 Å². The zero-order valence-corrected chi connectivity index (χ0v) is 20.1. The van der Waals surface area contributed by atoms with E-state index in [0.717, 1.165) is 21.9 Å². The van der Waals surface area contributed by atoms with Crippen molar-refractivity contribution in [3.63, 3.8) is 0 Å². The van der Waals surface area contributed by atoms with Gasteiger partial charge in [0, 0.05) is 10.6 Å². The molecule has 0 atom stereocenters. The number of amides is 1. The number of nitrogens with zero attached hydrogens (tertiary/aromatic N) is 1. The topological polar surface area (TPSA) is 29.5 Å². The molecule has 0 aliphatic carbocycles. The summed E-state index contributed by atoms with van der Waals surface area (Å²) in [7, 11) is 0. The third kappa shape index (κ3) is 4.57. The molecule has 5 rings (SSSR count). The van der Waals surface area contributed by atoms with E-state index in [0.29, 0.717) is 32.3 Å². The number of carbonyl (C=O) groups excluding carboxylic acids is 1. The lowest BCUT2D eigenvalue weighted by Gasteiger charge is -2.14. The van der Waals surface area contributed by atoms with Gasteiger partial charge in [-0.25, -0.2) is 4.39 Å². The lowest BCUT2D eigenvalue weighted by molar-refractivity contribution is -0.113. The Morgan fingerprint density at radius 2 is 1.71 bits per heavy atom. The first-order chi connectivity index (χ1) is 16.5. The van der Waals surface area contributed by atoms with E-state index < -0.39 is 0 Å². The molecule has 0 unspecified atom stereocenters. The van der Waals surface area contributed by atoms with E-state index in [4.69, 9.17) is 28.6 Å². The summed E-state index contributed by atoms with van der Waals surface area (Å²) >= 11 is 12.7. The van der Waals surface area contributed by atoms with E-state index in [1.54, 1.807) is 12.1 Å². The Balaban J connectivity index is 1.52. The number of ether oxygens (including phenoxy) is 1. The number of hydrogen-bond acceptors (Lipinski definition) is 4. The molecule has 1 fully saturated rings. The molecule has 3 nitrogen and oxygen atoms in total. The van der Waals surface area contributed by atoms with Crippen molar-refractivity contribution in [1.29, 1.82) is 0 Å². The molecule has 0 saturated carbocycles. The Bertz CT molecular complexity index is 1440. The van der Waals surface area contributed by atoms with Crippen LogP contribution in [0.15, 0.2) is 89.8 Å². The average Bonchev–Trinajstić information content (AvgIpc) is 3.13. The fourth-order valence-corrected chi connectivity index (χ4v) is 5.11. The molecule has 4 aromatic rings. The van der Waals surface area contributed by atoms with Crippen molar-refractivity contribution in [3.8, 4) is 5.75 Å².